The van der Waals surface area contributed by atoms with Crippen molar-refractivity contribution >= 4 is 28.8 Å². The summed E-state index contributed by atoms with van der Waals surface area (Å²) >= 11 is 7.61. The van der Waals surface area contributed by atoms with Gasteiger partial charge in [-0.1, -0.05) is 29.8 Å². The summed E-state index contributed by atoms with van der Waals surface area (Å²) in [7, 11) is 0. The number of benzene rings is 1. The van der Waals surface area contributed by atoms with Crippen molar-refractivity contribution in [1.82, 2.24) is 4.57 Å². The maximum absolute atomic E-state index is 11.1. The fourth-order valence-electron chi connectivity index (χ4n) is 1.63. The Morgan fingerprint density at radius 2 is 2.17 bits per heavy atom. The van der Waals surface area contributed by atoms with E-state index in [4.69, 9.17) is 11.6 Å². The fourth-order valence-corrected chi connectivity index (χ4v) is 2.74. The Bertz CT molecular complexity index is 642. The van der Waals surface area contributed by atoms with Crippen molar-refractivity contribution in [1.29, 1.82) is 0 Å². The second kappa shape index (κ2) is 5.50. The van der Waals surface area contributed by atoms with E-state index in [9.17, 15) is 4.79 Å². The molecule has 0 saturated carbocycles. The molecule has 0 aliphatic rings. The normalized spacial score (nSPS) is 11.8. The summed E-state index contributed by atoms with van der Waals surface area (Å²) in [6, 6.07) is 7.69. The molecule has 0 fully saturated rings. The van der Waals surface area contributed by atoms with Crippen LogP contribution < -0.4 is 4.80 Å². The van der Waals surface area contributed by atoms with Crippen LogP contribution in [-0.4, -0.2) is 10.5 Å². The Morgan fingerprint density at radius 1 is 1.44 bits per heavy atom. The van der Waals surface area contributed by atoms with E-state index in [-0.39, 0.29) is 5.91 Å². The van der Waals surface area contributed by atoms with Crippen LogP contribution in [0.4, 0.5) is 0 Å². The molecule has 0 aliphatic carbocycles. The second-order valence-electron chi connectivity index (χ2n) is 3.97. The third-order valence-corrected chi connectivity index (χ3v) is 3.88. The third kappa shape index (κ3) is 2.89. The molecule has 1 aromatic heterocycles. The van der Waals surface area contributed by atoms with Crippen molar-refractivity contribution in [2.75, 3.05) is 0 Å². The average Bonchev–Trinajstić information content (AvgIpc) is 2.64. The highest BCUT2D eigenvalue weighted by Crippen LogP contribution is 2.16. The van der Waals surface area contributed by atoms with E-state index < -0.39 is 0 Å². The molecule has 0 radical (unpaired) electrons. The first-order valence-corrected chi connectivity index (χ1v) is 6.77. The topological polar surface area (TPSA) is 34.4 Å². The molecule has 1 heterocycles. The quantitative estimate of drug-likeness (QED) is 0.833. The number of nitrogens with zero attached hydrogens (tertiary/aromatic N) is 2. The van der Waals surface area contributed by atoms with Gasteiger partial charge < -0.3 is 4.57 Å². The van der Waals surface area contributed by atoms with Gasteiger partial charge in [0.05, 0.1) is 6.54 Å². The lowest BCUT2D eigenvalue weighted by atomic mass is 10.2. The van der Waals surface area contributed by atoms with Crippen LogP contribution in [0.25, 0.3) is 0 Å². The predicted octanol–water partition coefficient (Wildman–Crippen LogP) is 3.01. The molecule has 0 aliphatic heterocycles. The summed E-state index contributed by atoms with van der Waals surface area (Å²) in [5.41, 5.74) is 2.09. The molecule has 0 saturated heterocycles. The van der Waals surface area contributed by atoms with Crippen molar-refractivity contribution in [3.05, 3.63) is 50.7 Å². The van der Waals surface area contributed by atoms with Crippen LogP contribution in [0.15, 0.2) is 34.6 Å². The molecule has 2 aromatic rings. The van der Waals surface area contributed by atoms with Crippen molar-refractivity contribution in [3.8, 4) is 0 Å². The second-order valence-corrected chi connectivity index (χ2v) is 5.21. The van der Waals surface area contributed by atoms with Crippen LogP contribution >= 0.6 is 22.9 Å². The van der Waals surface area contributed by atoms with Gasteiger partial charge in [-0.15, -0.1) is 11.3 Å². The van der Waals surface area contributed by atoms with Gasteiger partial charge in [0, 0.05) is 23.0 Å². The highest BCUT2D eigenvalue weighted by atomic mass is 35.5. The molecular weight excluding hydrogens is 268 g/mol. The predicted molar refractivity (Wildman–Crippen MR) is 73.8 cm³/mol. The van der Waals surface area contributed by atoms with E-state index in [0.29, 0.717) is 11.3 Å². The standard InChI is InChI=1S/C13H13ClN2OS/c1-9-8-18-13(15-10(2)17)16(9)7-11-5-3-4-6-12(11)14/h3-6,8H,7H2,1-2H3. The molecule has 0 atom stereocenters. The molecule has 3 nitrogen and oxygen atoms in total. The molecule has 18 heavy (non-hydrogen) atoms. The lowest BCUT2D eigenvalue weighted by Crippen LogP contribution is -2.18. The zero-order valence-electron chi connectivity index (χ0n) is 10.2. The largest absolute Gasteiger partial charge is 0.317 e. The van der Waals surface area contributed by atoms with Gasteiger partial charge in [0.15, 0.2) is 4.80 Å². The summed E-state index contributed by atoms with van der Waals surface area (Å²) in [4.78, 5) is 15.8. The number of halogens is 1. The Labute approximate surface area is 114 Å². The number of hydrogen-bond acceptors (Lipinski definition) is 2. The van der Waals surface area contributed by atoms with Crippen molar-refractivity contribution < 1.29 is 4.79 Å². The van der Waals surface area contributed by atoms with Gasteiger partial charge in [-0.25, -0.2) is 0 Å². The van der Waals surface area contributed by atoms with E-state index in [1.165, 1.54) is 18.3 Å². The minimum atomic E-state index is -0.190. The van der Waals surface area contributed by atoms with Crippen LogP contribution in [0.3, 0.4) is 0 Å². The molecule has 0 N–H and O–H groups in total. The van der Waals surface area contributed by atoms with Crippen LogP contribution in [0, 0.1) is 6.92 Å². The fraction of sp³-hybridized carbons (Fsp3) is 0.231. The first-order valence-electron chi connectivity index (χ1n) is 5.51. The zero-order chi connectivity index (χ0) is 13.1. The van der Waals surface area contributed by atoms with Gasteiger partial charge >= 0.3 is 0 Å². The first-order chi connectivity index (χ1) is 8.58. The summed E-state index contributed by atoms with van der Waals surface area (Å²) in [5, 5.41) is 2.71. The molecule has 1 aromatic carbocycles. The average molecular weight is 281 g/mol. The molecular formula is C13H13ClN2OS. The lowest BCUT2D eigenvalue weighted by Gasteiger charge is -2.07. The highest BCUT2D eigenvalue weighted by molar-refractivity contribution is 7.07. The maximum atomic E-state index is 11.1. The number of carbonyl (C=O) groups is 1. The molecule has 0 unspecified atom stereocenters. The first kappa shape index (κ1) is 13.1. The summed E-state index contributed by atoms with van der Waals surface area (Å²) < 4.78 is 1.99. The van der Waals surface area contributed by atoms with E-state index in [1.54, 1.807) is 0 Å². The van der Waals surface area contributed by atoms with Crippen LogP contribution in [0.5, 0.6) is 0 Å². The van der Waals surface area contributed by atoms with Crippen LogP contribution in [0.2, 0.25) is 5.02 Å². The molecule has 0 spiro atoms. The molecule has 94 valence electrons. The van der Waals surface area contributed by atoms with E-state index in [2.05, 4.69) is 4.99 Å². The number of rotatable bonds is 2. The highest BCUT2D eigenvalue weighted by Gasteiger charge is 2.05. The van der Waals surface area contributed by atoms with E-state index in [0.717, 1.165) is 16.3 Å². The number of amides is 1. The number of aromatic nitrogens is 1. The summed E-state index contributed by atoms with van der Waals surface area (Å²) in [6.45, 7) is 4.07. The Morgan fingerprint density at radius 3 is 2.83 bits per heavy atom. The van der Waals surface area contributed by atoms with Crippen LogP contribution in [-0.2, 0) is 11.3 Å². The van der Waals surface area contributed by atoms with Gasteiger partial charge in [-0.05, 0) is 18.6 Å². The number of carbonyl (C=O) groups excluding carboxylic acids is 1. The number of hydrogen-bond donors (Lipinski definition) is 0. The molecule has 2 rings (SSSR count). The van der Waals surface area contributed by atoms with Crippen LogP contribution in [0.1, 0.15) is 18.2 Å². The lowest BCUT2D eigenvalue weighted by molar-refractivity contribution is -0.116. The van der Waals surface area contributed by atoms with Gasteiger partial charge in [-0.3, -0.25) is 4.79 Å². The SMILES string of the molecule is CC(=O)N=c1scc(C)n1Cc1ccccc1Cl. The Hall–Kier alpha value is -1.39. The Balaban J connectivity index is 2.44. The summed E-state index contributed by atoms with van der Waals surface area (Å²) in [5.74, 6) is -0.190. The van der Waals surface area contributed by atoms with Crippen molar-refractivity contribution in [2.24, 2.45) is 4.99 Å². The van der Waals surface area contributed by atoms with E-state index in [1.807, 2.05) is 41.1 Å². The Kier molecular flexibility index (Phi) is 3.99. The maximum Gasteiger partial charge on any atom is 0.245 e. The van der Waals surface area contributed by atoms with Crippen molar-refractivity contribution in [3.63, 3.8) is 0 Å². The minimum absolute atomic E-state index is 0.190. The van der Waals surface area contributed by atoms with Gasteiger partial charge in [-0.2, -0.15) is 4.99 Å². The molecule has 0 bridgehead atoms. The monoisotopic (exact) mass is 280 g/mol. The van der Waals surface area contributed by atoms with E-state index >= 15 is 0 Å². The minimum Gasteiger partial charge on any atom is -0.317 e. The summed E-state index contributed by atoms with van der Waals surface area (Å²) in [6.07, 6.45) is 0. The third-order valence-electron chi connectivity index (χ3n) is 2.53. The number of thiazole rings is 1. The van der Waals surface area contributed by atoms with Crippen molar-refractivity contribution in [2.45, 2.75) is 20.4 Å². The van der Waals surface area contributed by atoms with Gasteiger partial charge in [0.2, 0.25) is 5.91 Å². The van der Waals surface area contributed by atoms with Gasteiger partial charge in [0.25, 0.3) is 0 Å². The van der Waals surface area contributed by atoms with Gasteiger partial charge in [0.1, 0.15) is 0 Å². The zero-order valence-corrected chi connectivity index (χ0v) is 11.8. The molecule has 5 heteroatoms. The molecule has 1 amide bonds. The number of aryl methyl sites for hydroxylation is 1. The smallest absolute Gasteiger partial charge is 0.245 e.